The first-order valence-corrected chi connectivity index (χ1v) is 10.4. The number of carbonyl (C=O) groups excluding carboxylic acids is 1. The third-order valence-corrected chi connectivity index (χ3v) is 4.87. The zero-order valence-electron chi connectivity index (χ0n) is 15.5. The monoisotopic (exact) mass is 322 g/mol. The minimum atomic E-state index is -2.74. The van der Waals surface area contributed by atoms with Crippen molar-refractivity contribution in [3.63, 3.8) is 0 Å². The molecule has 0 aliphatic heterocycles. The van der Waals surface area contributed by atoms with Crippen LogP contribution in [0.15, 0.2) is 0 Å². The SMILES string of the molecule is CC.CC.CC(=O)CC1CCCCC1.CC(C)S(C)(=O)=O. The summed E-state index contributed by atoms with van der Waals surface area (Å²) in [4.78, 5) is 10.7. The van der Waals surface area contributed by atoms with E-state index in [1.807, 2.05) is 27.7 Å². The standard InChI is InChI=1S/C9H16O.C4H10O2S.2C2H6/c1-8(10)7-9-5-3-2-4-6-9;1-4(2)7(3,5)6;2*1-2/h9H,2-7H2,1H3;4H,1-3H3;2*1-2H3. The van der Waals surface area contributed by atoms with Gasteiger partial charge in [-0.05, 0) is 26.7 Å². The van der Waals surface area contributed by atoms with Crippen molar-refractivity contribution in [3.8, 4) is 0 Å². The van der Waals surface area contributed by atoms with Crippen molar-refractivity contribution in [1.29, 1.82) is 0 Å². The molecule has 3 nitrogen and oxygen atoms in total. The zero-order chi connectivity index (χ0) is 17.5. The molecule has 0 unspecified atom stereocenters. The Kier molecular flexibility index (Phi) is 19.5. The fraction of sp³-hybridized carbons (Fsp3) is 0.941. The van der Waals surface area contributed by atoms with Crippen LogP contribution in [0.5, 0.6) is 0 Å². The molecular weight excluding hydrogens is 284 g/mol. The van der Waals surface area contributed by atoms with Gasteiger partial charge in [0.05, 0.1) is 5.25 Å². The van der Waals surface area contributed by atoms with E-state index in [1.165, 1.54) is 38.4 Å². The molecular formula is C17H38O3S. The largest absolute Gasteiger partial charge is 0.300 e. The molecule has 0 heterocycles. The van der Waals surface area contributed by atoms with Crippen LogP contribution in [0.25, 0.3) is 0 Å². The number of carbonyl (C=O) groups is 1. The van der Waals surface area contributed by atoms with Crippen LogP contribution in [0.2, 0.25) is 0 Å². The summed E-state index contributed by atoms with van der Waals surface area (Å²) >= 11 is 0. The molecule has 1 fully saturated rings. The highest BCUT2D eigenvalue weighted by molar-refractivity contribution is 7.91. The summed E-state index contributed by atoms with van der Waals surface area (Å²) in [5.41, 5.74) is 0. The molecule has 0 saturated heterocycles. The summed E-state index contributed by atoms with van der Waals surface area (Å²) in [5.74, 6) is 1.10. The van der Waals surface area contributed by atoms with Crippen LogP contribution in [0, 0.1) is 5.92 Å². The molecule has 0 bridgehead atoms. The van der Waals surface area contributed by atoms with Crippen molar-refractivity contribution < 1.29 is 13.2 Å². The maximum atomic E-state index is 10.7. The molecule has 1 rings (SSSR count). The van der Waals surface area contributed by atoms with E-state index in [2.05, 4.69) is 0 Å². The number of sulfone groups is 1. The summed E-state index contributed by atoms with van der Waals surface area (Å²) in [7, 11) is -2.74. The summed E-state index contributed by atoms with van der Waals surface area (Å²) in [6.45, 7) is 13.0. The Morgan fingerprint density at radius 2 is 1.33 bits per heavy atom. The molecule has 0 aromatic rings. The maximum Gasteiger partial charge on any atom is 0.149 e. The first-order chi connectivity index (χ1) is 9.73. The molecule has 0 amide bonds. The molecule has 0 aromatic heterocycles. The van der Waals surface area contributed by atoms with Gasteiger partial charge in [-0.25, -0.2) is 8.42 Å². The molecule has 1 aliphatic carbocycles. The second-order valence-corrected chi connectivity index (χ2v) is 7.89. The minimum Gasteiger partial charge on any atom is -0.300 e. The lowest BCUT2D eigenvalue weighted by molar-refractivity contribution is -0.118. The van der Waals surface area contributed by atoms with E-state index in [1.54, 1.807) is 20.8 Å². The fourth-order valence-electron chi connectivity index (χ4n) is 1.80. The molecule has 0 spiro atoms. The normalized spacial score (nSPS) is 14.7. The van der Waals surface area contributed by atoms with Gasteiger partial charge in [0.15, 0.2) is 0 Å². The lowest BCUT2D eigenvalue weighted by Gasteiger charge is -2.19. The van der Waals surface area contributed by atoms with Crippen molar-refractivity contribution >= 4 is 15.6 Å². The molecule has 130 valence electrons. The summed E-state index contributed by atoms with van der Waals surface area (Å²) in [5, 5.41) is -0.229. The molecule has 1 saturated carbocycles. The Balaban J connectivity index is -0.000000260. The van der Waals surface area contributed by atoms with Crippen LogP contribution in [0.4, 0.5) is 0 Å². The number of Topliss-reactive ketones (excluding diaryl/α,β-unsaturated/α-hetero) is 1. The topological polar surface area (TPSA) is 51.2 Å². The highest BCUT2D eigenvalue weighted by atomic mass is 32.2. The van der Waals surface area contributed by atoms with Crippen LogP contribution in [-0.2, 0) is 14.6 Å². The van der Waals surface area contributed by atoms with Crippen LogP contribution in [-0.4, -0.2) is 25.7 Å². The molecule has 21 heavy (non-hydrogen) atoms. The fourth-order valence-corrected chi connectivity index (χ4v) is 1.80. The zero-order valence-corrected chi connectivity index (χ0v) is 16.3. The van der Waals surface area contributed by atoms with Gasteiger partial charge in [-0.1, -0.05) is 59.8 Å². The Hall–Kier alpha value is -0.380. The van der Waals surface area contributed by atoms with Crippen molar-refractivity contribution in [2.24, 2.45) is 5.92 Å². The molecule has 4 heteroatoms. The van der Waals surface area contributed by atoms with Gasteiger partial charge in [-0.3, -0.25) is 0 Å². The lowest BCUT2D eigenvalue weighted by Crippen LogP contribution is -2.10. The summed E-state index contributed by atoms with van der Waals surface area (Å²) < 4.78 is 20.7. The van der Waals surface area contributed by atoms with Crippen molar-refractivity contribution in [2.75, 3.05) is 6.26 Å². The highest BCUT2D eigenvalue weighted by Gasteiger charge is 2.14. The average molecular weight is 323 g/mol. The second kappa shape index (κ2) is 16.0. The quantitative estimate of drug-likeness (QED) is 0.731. The van der Waals surface area contributed by atoms with Crippen molar-refractivity contribution in [2.45, 2.75) is 92.2 Å². The molecule has 0 N–H and O–H groups in total. The Labute approximate surface area is 133 Å². The second-order valence-electron chi connectivity index (χ2n) is 5.29. The third kappa shape index (κ3) is 19.6. The number of hydrogen-bond acceptors (Lipinski definition) is 3. The summed E-state index contributed by atoms with van der Waals surface area (Å²) in [6.07, 6.45) is 8.72. The van der Waals surface area contributed by atoms with E-state index in [0.29, 0.717) is 5.78 Å². The van der Waals surface area contributed by atoms with Gasteiger partial charge in [-0.2, -0.15) is 0 Å². The first kappa shape index (κ1) is 25.6. The van der Waals surface area contributed by atoms with Gasteiger partial charge in [0.25, 0.3) is 0 Å². The van der Waals surface area contributed by atoms with Gasteiger partial charge in [0, 0.05) is 12.7 Å². The highest BCUT2D eigenvalue weighted by Crippen LogP contribution is 2.26. The van der Waals surface area contributed by atoms with E-state index in [4.69, 9.17) is 0 Å². The van der Waals surface area contributed by atoms with Crippen LogP contribution in [0.3, 0.4) is 0 Å². The van der Waals surface area contributed by atoms with E-state index >= 15 is 0 Å². The number of rotatable bonds is 3. The maximum absolute atomic E-state index is 10.7. The van der Waals surface area contributed by atoms with E-state index < -0.39 is 9.84 Å². The van der Waals surface area contributed by atoms with Gasteiger partial charge in [-0.15, -0.1) is 0 Å². The van der Waals surface area contributed by atoms with E-state index in [9.17, 15) is 13.2 Å². The van der Waals surface area contributed by atoms with Gasteiger partial charge < -0.3 is 4.79 Å². The summed E-state index contributed by atoms with van der Waals surface area (Å²) in [6, 6.07) is 0. The number of hydrogen-bond donors (Lipinski definition) is 0. The third-order valence-electron chi connectivity index (χ3n) is 3.16. The van der Waals surface area contributed by atoms with E-state index in [0.717, 1.165) is 12.3 Å². The predicted octanol–water partition coefficient (Wildman–Crippen LogP) is 5.04. The van der Waals surface area contributed by atoms with Crippen LogP contribution in [0.1, 0.15) is 87.0 Å². The predicted molar refractivity (Wildman–Crippen MR) is 94.5 cm³/mol. The van der Waals surface area contributed by atoms with Crippen LogP contribution >= 0.6 is 0 Å². The van der Waals surface area contributed by atoms with E-state index in [-0.39, 0.29) is 5.25 Å². The van der Waals surface area contributed by atoms with Crippen LogP contribution < -0.4 is 0 Å². The molecule has 0 atom stereocenters. The average Bonchev–Trinajstić information content (AvgIpc) is 2.43. The Morgan fingerprint density at radius 1 is 1.00 bits per heavy atom. The van der Waals surface area contributed by atoms with Crippen molar-refractivity contribution in [3.05, 3.63) is 0 Å². The molecule has 1 aliphatic rings. The Bertz CT molecular complexity index is 313. The van der Waals surface area contributed by atoms with Gasteiger partial charge in [0.1, 0.15) is 15.6 Å². The van der Waals surface area contributed by atoms with Gasteiger partial charge >= 0.3 is 0 Å². The smallest absolute Gasteiger partial charge is 0.149 e. The lowest BCUT2D eigenvalue weighted by atomic mass is 9.86. The Morgan fingerprint density at radius 3 is 1.57 bits per heavy atom. The number of ketones is 1. The minimum absolute atomic E-state index is 0.229. The molecule has 0 aromatic carbocycles. The molecule has 0 radical (unpaired) electrons. The first-order valence-electron chi connectivity index (χ1n) is 8.41. The van der Waals surface area contributed by atoms with Crippen molar-refractivity contribution in [1.82, 2.24) is 0 Å². The van der Waals surface area contributed by atoms with Gasteiger partial charge in [0.2, 0.25) is 0 Å².